The number of nitrogens with zero attached hydrogens (tertiary/aromatic N) is 4. The number of aromatic nitrogens is 2. The highest BCUT2D eigenvalue weighted by Crippen LogP contribution is 2.24. The number of hydrogen-bond donors (Lipinski definition) is 1. The molecule has 3 heterocycles. The molecule has 0 aliphatic carbocycles. The molecule has 1 aliphatic rings. The van der Waals surface area contributed by atoms with E-state index >= 15 is 0 Å². The second-order valence-corrected chi connectivity index (χ2v) is 7.92. The lowest BCUT2D eigenvalue weighted by Gasteiger charge is -2.34. The third kappa shape index (κ3) is 4.81. The van der Waals surface area contributed by atoms with Gasteiger partial charge in [-0.1, -0.05) is 54.6 Å². The fourth-order valence-electron chi connectivity index (χ4n) is 3.96. The molecule has 32 heavy (non-hydrogen) atoms. The van der Waals surface area contributed by atoms with Gasteiger partial charge in [-0.25, -0.2) is 4.98 Å². The van der Waals surface area contributed by atoms with Gasteiger partial charge in [-0.05, 0) is 29.8 Å². The van der Waals surface area contributed by atoms with Gasteiger partial charge in [-0.15, -0.1) is 0 Å². The van der Waals surface area contributed by atoms with Crippen LogP contribution in [0.1, 0.15) is 11.3 Å². The molecule has 0 saturated carbocycles. The van der Waals surface area contributed by atoms with Crippen LogP contribution in [0.2, 0.25) is 0 Å². The van der Waals surface area contributed by atoms with Crippen LogP contribution in [0.4, 0.5) is 11.8 Å². The minimum atomic E-state index is 0.592. The number of fused-ring (bicyclic) bond motifs is 1. The minimum absolute atomic E-state index is 0.592. The maximum Gasteiger partial charge on any atom is 0.227 e. The summed E-state index contributed by atoms with van der Waals surface area (Å²) in [4.78, 5) is 14.5. The molecule has 0 unspecified atom stereocenters. The zero-order valence-electron chi connectivity index (χ0n) is 18.0. The maximum atomic E-state index is 5.46. The number of anilines is 2. The minimum Gasteiger partial charge on any atom is -0.467 e. The van der Waals surface area contributed by atoms with Crippen molar-refractivity contribution < 1.29 is 4.42 Å². The summed E-state index contributed by atoms with van der Waals surface area (Å²) in [5.41, 5.74) is 2.19. The zero-order chi connectivity index (χ0) is 21.6. The van der Waals surface area contributed by atoms with Crippen molar-refractivity contribution in [3.8, 4) is 0 Å². The van der Waals surface area contributed by atoms with Gasteiger partial charge in [0.1, 0.15) is 11.6 Å². The summed E-state index contributed by atoms with van der Waals surface area (Å²) in [7, 11) is 0. The predicted octanol–water partition coefficient (Wildman–Crippen LogP) is 4.67. The van der Waals surface area contributed by atoms with Crippen LogP contribution in [0.3, 0.4) is 0 Å². The average molecular weight is 426 g/mol. The van der Waals surface area contributed by atoms with E-state index in [2.05, 4.69) is 57.6 Å². The van der Waals surface area contributed by atoms with Gasteiger partial charge < -0.3 is 14.6 Å². The quantitative estimate of drug-likeness (QED) is 0.464. The summed E-state index contributed by atoms with van der Waals surface area (Å²) in [6.45, 7) is 5.35. The Kier molecular flexibility index (Phi) is 6.12. The Morgan fingerprint density at radius 3 is 2.50 bits per heavy atom. The Bertz CT molecular complexity index is 1170. The third-order valence-corrected chi connectivity index (χ3v) is 5.73. The second-order valence-electron chi connectivity index (χ2n) is 7.92. The van der Waals surface area contributed by atoms with Crippen molar-refractivity contribution in [1.82, 2.24) is 14.9 Å². The van der Waals surface area contributed by atoms with Gasteiger partial charge in [-0.2, -0.15) is 4.98 Å². The molecule has 0 atom stereocenters. The lowest BCUT2D eigenvalue weighted by Crippen LogP contribution is -2.47. The van der Waals surface area contributed by atoms with Crippen molar-refractivity contribution in [2.75, 3.05) is 42.9 Å². The van der Waals surface area contributed by atoms with Crippen LogP contribution in [0.25, 0.3) is 17.0 Å². The van der Waals surface area contributed by atoms with Gasteiger partial charge in [0.05, 0.1) is 18.3 Å². The highest BCUT2D eigenvalue weighted by molar-refractivity contribution is 5.90. The Labute approximate surface area is 188 Å². The van der Waals surface area contributed by atoms with E-state index in [0.29, 0.717) is 6.54 Å². The summed E-state index contributed by atoms with van der Waals surface area (Å²) in [5, 5.41) is 4.45. The first-order valence-electron chi connectivity index (χ1n) is 11.1. The molecule has 0 amide bonds. The van der Waals surface area contributed by atoms with Gasteiger partial charge in [0, 0.05) is 38.1 Å². The Hall–Kier alpha value is -3.64. The lowest BCUT2D eigenvalue weighted by molar-refractivity contribution is 0.283. The van der Waals surface area contributed by atoms with Gasteiger partial charge in [0.2, 0.25) is 5.95 Å². The molecule has 1 N–H and O–H groups in total. The fourth-order valence-corrected chi connectivity index (χ4v) is 3.96. The summed E-state index contributed by atoms with van der Waals surface area (Å²) in [6, 6.07) is 22.4. The first-order chi connectivity index (χ1) is 15.8. The van der Waals surface area contributed by atoms with Crippen LogP contribution in [0.15, 0.2) is 83.5 Å². The van der Waals surface area contributed by atoms with Gasteiger partial charge in [0.25, 0.3) is 0 Å². The van der Waals surface area contributed by atoms with Crippen LogP contribution in [-0.4, -0.2) is 47.6 Å². The highest BCUT2D eigenvalue weighted by atomic mass is 16.3. The number of benzene rings is 2. The molecule has 0 spiro atoms. The van der Waals surface area contributed by atoms with Crippen LogP contribution in [-0.2, 0) is 6.54 Å². The zero-order valence-corrected chi connectivity index (χ0v) is 18.0. The SMILES string of the molecule is C(=C\c1ccccc1)/CN1CCN(c2nc(NCc3ccco3)c3ccccc3n2)CC1. The molecular weight excluding hydrogens is 398 g/mol. The highest BCUT2D eigenvalue weighted by Gasteiger charge is 2.20. The standard InChI is InChI=1S/C26H27N5O/c1-2-8-21(9-3-1)10-6-14-30-15-17-31(18-16-30)26-28-24-13-5-4-12-23(24)25(29-26)27-20-22-11-7-19-32-22/h1-13,19H,14-18,20H2,(H,27,28,29)/b10-6+. The molecule has 1 saturated heterocycles. The van der Waals surface area contributed by atoms with E-state index in [0.717, 1.165) is 61.2 Å². The van der Waals surface area contributed by atoms with E-state index in [1.54, 1.807) is 6.26 Å². The molecule has 1 fully saturated rings. The first-order valence-corrected chi connectivity index (χ1v) is 11.1. The Balaban J connectivity index is 1.25. The molecule has 1 aliphatic heterocycles. The van der Waals surface area contributed by atoms with Crippen LogP contribution < -0.4 is 10.2 Å². The predicted molar refractivity (Wildman–Crippen MR) is 130 cm³/mol. The van der Waals surface area contributed by atoms with Gasteiger partial charge >= 0.3 is 0 Å². The van der Waals surface area contributed by atoms with Crippen LogP contribution in [0, 0.1) is 0 Å². The number of piperazine rings is 1. The topological polar surface area (TPSA) is 57.4 Å². The Morgan fingerprint density at radius 2 is 1.69 bits per heavy atom. The van der Waals surface area contributed by atoms with Crippen molar-refractivity contribution >= 4 is 28.7 Å². The molecule has 4 aromatic rings. The van der Waals surface area contributed by atoms with E-state index in [1.165, 1.54) is 5.56 Å². The number of hydrogen-bond acceptors (Lipinski definition) is 6. The smallest absolute Gasteiger partial charge is 0.227 e. The van der Waals surface area contributed by atoms with Gasteiger partial charge in [0.15, 0.2) is 0 Å². The molecule has 162 valence electrons. The molecule has 2 aromatic carbocycles. The number of nitrogens with one attached hydrogen (secondary N) is 1. The molecule has 0 bridgehead atoms. The van der Waals surface area contributed by atoms with E-state index in [9.17, 15) is 0 Å². The van der Waals surface area contributed by atoms with Crippen molar-refractivity contribution in [3.63, 3.8) is 0 Å². The average Bonchev–Trinajstić information content (AvgIpc) is 3.37. The molecular formula is C26H27N5O. The second kappa shape index (κ2) is 9.66. The largest absolute Gasteiger partial charge is 0.467 e. The normalized spacial score (nSPS) is 14.9. The van der Waals surface area contributed by atoms with Gasteiger partial charge in [-0.3, -0.25) is 4.90 Å². The lowest BCUT2D eigenvalue weighted by atomic mass is 10.2. The van der Waals surface area contributed by atoms with Crippen LogP contribution >= 0.6 is 0 Å². The monoisotopic (exact) mass is 425 g/mol. The van der Waals surface area contributed by atoms with Crippen molar-refractivity contribution in [2.45, 2.75) is 6.54 Å². The van der Waals surface area contributed by atoms with Crippen molar-refractivity contribution in [2.24, 2.45) is 0 Å². The molecule has 0 radical (unpaired) electrons. The molecule has 6 nitrogen and oxygen atoms in total. The number of para-hydroxylation sites is 1. The van der Waals surface area contributed by atoms with Crippen molar-refractivity contribution in [1.29, 1.82) is 0 Å². The van der Waals surface area contributed by atoms with E-state index in [-0.39, 0.29) is 0 Å². The van der Waals surface area contributed by atoms with Crippen LogP contribution in [0.5, 0.6) is 0 Å². The van der Waals surface area contributed by atoms with Crippen molar-refractivity contribution in [3.05, 3.63) is 90.4 Å². The fraction of sp³-hybridized carbons (Fsp3) is 0.231. The van der Waals surface area contributed by atoms with E-state index in [4.69, 9.17) is 14.4 Å². The summed E-state index contributed by atoms with van der Waals surface area (Å²) < 4.78 is 5.46. The molecule has 2 aromatic heterocycles. The maximum absolute atomic E-state index is 5.46. The van der Waals surface area contributed by atoms with E-state index in [1.807, 2.05) is 36.4 Å². The molecule has 5 rings (SSSR count). The number of furan rings is 1. The first kappa shape index (κ1) is 20.3. The van der Waals surface area contributed by atoms with E-state index < -0.39 is 0 Å². The molecule has 6 heteroatoms. The summed E-state index contributed by atoms with van der Waals surface area (Å²) in [5.74, 6) is 2.51. The summed E-state index contributed by atoms with van der Waals surface area (Å²) >= 11 is 0. The third-order valence-electron chi connectivity index (χ3n) is 5.73. The summed E-state index contributed by atoms with van der Waals surface area (Å²) in [6.07, 6.45) is 6.12. The Morgan fingerprint density at radius 1 is 0.875 bits per heavy atom. The number of rotatable bonds is 7.